The van der Waals surface area contributed by atoms with E-state index in [1.807, 2.05) is 48.9 Å². The summed E-state index contributed by atoms with van der Waals surface area (Å²) in [6, 6.07) is 13.4. The van der Waals surface area contributed by atoms with E-state index in [1.165, 1.54) is 12.8 Å². The lowest BCUT2D eigenvalue weighted by atomic mass is 9.69. The molecule has 1 spiro atoms. The van der Waals surface area contributed by atoms with Gasteiger partial charge < -0.3 is 14.6 Å². The highest BCUT2D eigenvalue weighted by molar-refractivity contribution is 8.22. The van der Waals surface area contributed by atoms with Crippen LogP contribution in [0.3, 0.4) is 0 Å². The number of aryl methyl sites for hydroxylation is 2. The van der Waals surface area contributed by atoms with Crippen molar-refractivity contribution in [3.05, 3.63) is 76.5 Å². The molecule has 4 heterocycles. The Morgan fingerprint density at radius 2 is 1.89 bits per heavy atom. The molecule has 4 aromatic rings. The zero-order valence-corrected chi connectivity index (χ0v) is 28.2. The molecule has 1 unspecified atom stereocenters. The van der Waals surface area contributed by atoms with Crippen molar-refractivity contribution in [2.45, 2.75) is 82.9 Å². The van der Waals surface area contributed by atoms with Crippen LogP contribution in [0.25, 0.3) is 11.0 Å². The van der Waals surface area contributed by atoms with E-state index in [1.54, 1.807) is 36.5 Å². The normalized spacial score (nSPS) is 20.7. The predicted molar refractivity (Wildman–Crippen MR) is 179 cm³/mol. The summed E-state index contributed by atoms with van der Waals surface area (Å²) >= 11 is 0. The summed E-state index contributed by atoms with van der Waals surface area (Å²) < 4.78 is 39.4. The van der Waals surface area contributed by atoms with Gasteiger partial charge in [-0.05, 0) is 92.5 Å². The number of aromatic nitrogens is 4. The number of pyridine rings is 1. The van der Waals surface area contributed by atoms with Crippen LogP contribution in [0.5, 0.6) is 5.88 Å². The van der Waals surface area contributed by atoms with Gasteiger partial charge in [-0.2, -0.15) is 4.31 Å². The van der Waals surface area contributed by atoms with Gasteiger partial charge in [0.05, 0.1) is 30.7 Å². The molecule has 3 aliphatic rings. The van der Waals surface area contributed by atoms with Gasteiger partial charge in [-0.1, -0.05) is 29.5 Å². The summed E-state index contributed by atoms with van der Waals surface area (Å²) in [5, 5.41) is 19.5. The van der Waals surface area contributed by atoms with Crippen molar-refractivity contribution in [3.8, 4) is 5.88 Å². The topological polar surface area (TPSA) is 143 Å². The number of benzene rings is 2. The Balaban J connectivity index is 1.30. The second kappa shape index (κ2) is 11.9. The third-order valence-electron chi connectivity index (χ3n) is 10.3. The van der Waals surface area contributed by atoms with Crippen LogP contribution in [0.1, 0.15) is 73.3 Å². The van der Waals surface area contributed by atoms with Crippen LogP contribution in [-0.2, 0) is 22.6 Å². The standard InChI is InChI=1S/C35H43N5O6S/c1-22-7-10-25(30(34(3,4)33(41)42)27-11-12-28-31(23(27)2)37-38-40(28)19-24-8-9-24)18-26(22)20-39-21-35(13-16-45-17-14-35)46-32-29(47(39,43)44)6-5-15-36-32/h5-7,10-12,15,18,24,30,43-44H,8-9,13-14,16-17,19-21H2,1-4H3,(H,41,42). The van der Waals surface area contributed by atoms with E-state index in [0.29, 0.717) is 32.0 Å². The van der Waals surface area contributed by atoms with Crippen molar-refractivity contribution in [2.75, 3.05) is 19.8 Å². The van der Waals surface area contributed by atoms with E-state index in [2.05, 4.69) is 15.3 Å². The van der Waals surface area contributed by atoms with Crippen molar-refractivity contribution < 1.29 is 28.5 Å². The lowest BCUT2D eigenvalue weighted by Gasteiger charge is -2.44. The fourth-order valence-corrected chi connectivity index (χ4v) is 8.72. The quantitative estimate of drug-likeness (QED) is 0.190. The molecule has 1 atom stereocenters. The van der Waals surface area contributed by atoms with E-state index < -0.39 is 33.7 Å². The first-order valence-corrected chi connectivity index (χ1v) is 17.8. The molecular weight excluding hydrogens is 618 g/mol. The van der Waals surface area contributed by atoms with Crippen LogP contribution in [0.2, 0.25) is 0 Å². The SMILES string of the molecule is Cc1ccc(C(c2ccc3c(nnn3CC3CC3)c2C)C(C)(C)C(=O)O)cc1CN1CC2(CCOCC2)Oc2ncccc2S1(O)O. The van der Waals surface area contributed by atoms with Gasteiger partial charge in [0.25, 0.3) is 0 Å². The number of hydrogen-bond acceptors (Lipinski definition) is 9. The van der Waals surface area contributed by atoms with E-state index in [-0.39, 0.29) is 23.9 Å². The molecule has 2 aromatic heterocycles. The molecule has 0 radical (unpaired) electrons. The maximum atomic E-state index is 12.9. The van der Waals surface area contributed by atoms with Crippen LogP contribution in [-0.4, -0.2) is 69.8 Å². The van der Waals surface area contributed by atoms with Gasteiger partial charge in [0.2, 0.25) is 5.88 Å². The van der Waals surface area contributed by atoms with Crippen molar-refractivity contribution in [2.24, 2.45) is 11.3 Å². The minimum atomic E-state index is -3.48. The number of rotatable bonds is 8. The fourth-order valence-electron chi connectivity index (χ4n) is 7.11. The fraction of sp³-hybridized carbons (Fsp3) is 0.486. The molecule has 2 fully saturated rings. The Morgan fingerprint density at radius 1 is 1.13 bits per heavy atom. The largest absolute Gasteiger partial charge is 0.481 e. The third kappa shape index (κ3) is 5.80. The van der Waals surface area contributed by atoms with Gasteiger partial charge in [-0.15, -0.1) is 15.9 Å². The number of aliphatic carboxylic acids is 1. The molecule has 47 heavy (non-hydrogen) atoms. The number of carbonyl (C=O) groups is 1. The molecule has 12 heteroatoms. The summed E-state index contributed by atoms with van der Waals surface area (Å²) in [5.41, 5.74) is 4.34. The summed E-state index contributed by atoms with van der Waals surface area (Å²) in [7, 11) is -3.48. The van der Waals surface area contributed by atoms with Gasteiger partial charge in [0.15, 0.2) is 0 Å². The average Bonchev–Trinajstić information content (AvgIpc) is 3.78. The minimum Gasteiger partial charge on any atom is -0.481 e. The summed E-state index contributed by atoms with van der Waals surface area (Å²) in [6.45, 7) is 9.86. The zero-order chi connectivity index (χ0) is 33.1. The van der Waals surface area contributed by atoms with Gasteiger partial charge in [0, 0.05) is 38.0 Å². The first-order chi connectivity index (χ1) is 22.4. The van der Waals surface area contributed by atoms with Gasteiger partial charge >= 0.3 is 5.97 Å². The second-order valence-corrected chi connectivity index (χ2v) is 16.0. The molecule has 0 bridgehead atoms. The second-order valence-electron chi connectivity index (χ2n) is 14.0. The lowest BCUT2D eigenvalue weighted by molar-refractivity contribution is -0.147. The van der Waals surface area contributed by atoms with E-state index in [0.717, 1.165) is 45.4 Å². The average molecular weight is 662 g/mol. The van der Waals surface area contributed by atoms with Gasteiger partial charge in [-0.3, -0.25) is 13.9 Å². The number of carboxylic acids is 1. The Morgan fingerprint density at radius 3 is 2.62 bits per heavy atom. The van der Waals surface area contributed by atoms with Crippen LogP contribution < -0.4 is 4.74 Å². The van der Waals surface area contributed by atoms with Crippen LogP contribution in [0.15, 0.2) is 53.6 Å². The van der Waals surface area contributed by atoms with Crippen molar-refractivity contribution in [1.29, 1.82) is 0 Å². The molecule has 3 N–H and O–H groups in total. The Hall–Kier alpha value is -3.55. The number of fused-ring (bicyclic) bond motifs is 2. The monoisotopic (exact) mass is 661 g/mol. The van der Waals surface area contributed by atoms with Gasteiger partial charge in [-0.25, -0.2) is 9.67 Å². The summed E-state index contributed by atoms with van der Waals surface area (Å²) in [6.07, 6.45) is 5.21. The maximum absolute atomic E-state index is 12.9. The highest BCUT2D eigenvalue weighted by Crippen LogP contribution is 2.59. The van der Waals surface area contributed by atoms with Crippen molar-refractivity contribution in [3.63, 3.8) is 0 Å². The first kappa shape index (κ1) is 32.0. The number of nitrogens with zero attached hydrogens (tertiary/aromatic N) is 5. The third-order valence-corrected chi connectivity index (χ3v) is 12.2. The van der Waals surface area contributed by atoms with Crippen molar-refractivity contribution in [1.82, 2.24) is 24.3 Å². The Kier molecular flexibility index (Phi) is 8.07. The van der Waals surface area contributed by atoms with Gasteiger partial charge in [0.1, 0.15) is 16.0 Å². The van der Waals surface area contributed by atoms with E-state index in [9.17, 15) is 19.0 Å². The van der Waals surface area contributed by atoms with Crippen LogP contribution >= 0.6 is 10.8 Å². The summed E-state index contributed by atoms with van der Waals surface area (Å²) in [4.78, 5) is 17.5. The molecule has 1 saturated carbocycles. The number of carboxylic acid groups (broad SMARTS) is 1. The van der Waals surface area contributed by atoms with Crippen LogP contribution in [0, 0.1) is 25.2 Å². The first-order valence-electron chi connectivity index (χ1n) is 16.3. The highest BCUT2D eigenvalue weighted by atomic mass is 32.3. The molecule has 0 amide bonds. The van der Waals surface area contributed by atoms with E-state index in [4.69, 9.17) is 9.47 Å². The molecule has 250 valence electrons. The predicted octanol–water partition coefficient (Wildman–Crippen LogP) is 6.56. The minimum absolute atomic E-state index is 0.218. The molecule has 11 nitrogen and oxygen atoms in total. The molecule has 1 aliphatic carbocycles. The molecule has 1 saturated heterocycles. The Labute approximate surface area is 276 Å². The molecule has 7 rings (SSSR count). The smallest absolute Gasteiger partial charge is 0.310 e. The van der Waals surface area contributed by atoms with Crippen molar-refractivity contribution >= 4 is 27.8 Å². The molecule has 2 aliphatic heterocycles. The number of hydrogen-bond donors (Lipinski definition) is 3. The Bertz CT molecular complexity index is 1830. The highest BCUT2D eigenvalue weighted by Gasteiger charge is 2.46. The summed E-state index contributed by atoms with van der Waals surface area (Å²) in [5.74, 6) is -0.543. The van der Waals surface area contributed by atoms with Crippen LogP contribution in [0.4, 0.5) is 0 Å². The number of ether oxygens (including phenoxy) is 2. The lowest BCUT2D eigenvalue weighted by Crippen LogP contribution is -2.49. The van der Waals surface area contributed by atoms with E-state index >= 15 is 0 Å². The molecule has 2 aromatic carbocycles. The zero-order valence-electron chi connectivity index (χ0n) is 27.3. The molecular formula is C35H43N5O6S. The maximum Gasteiger partial charge on any atom is 0.310 e.